The molecular formula is C22H13F2NS. The van der Waals surface area contributed by atoms with Gasteiger partial charge in [-0.15, -0.1) is 0 Å². The molecule has 26 heavy (non-hydrogen) atoms. The Labute approximate surface area is 155 Å². The summed E-state index contributed by atoms with van der Waals surface area (Å²) < 4.78 is 28.7. The second-order valence-corrected chi connectivity index (χ2v) is 6.46. The van der Waals surface area contributed by atoms with Crippen LogP contribution in [-0.2, 0) is 0 Å². The van der Waals surface area contributed by atoms with E-state index in [-0.39, 0.29) is 10.5 Å². The van der Waals surface area contributed by atoms with E-state index in [9.17, 15) is 8.78 Å². The Morgan fingerprint density at radius 3 is 2.19 bits per heavy atom. The van der Waals surface area contributed by atoms with Gasteiger partial charge in [0, 0.05) is 16.0 Å². The zero-order valence-electron chi connectivity index (χ0n) is 13.9. The molecule has 0 aromatic heterocycles. The summed E-state index contributed by atoms with van der Waals surface area (Å²) in [7, 11) is 0. The Balaban J connectivity index is 1.96. The minimum atomic E-state index is -0.690. The number of nitrogens with zero attached hydrogens (tertiary/aromatic N) is 1. The third kappa shape index (κ3) is 3.94. The number of thioether (sulfide) groups is 1. The van der Waals surface area contributed by atoms with Crippen LogP contribution in [0.2, 0.25) is 0 Å². The zero-order valence-corrected chi connectivity index (χ0v) is 14.7. The van der Waals surface area contributed by atoms with Crippen molar-refractivity contribution in [2.45, 2.75) is 11.8 Å². The summed E-state index contributed by atoms with van der Waals surface area (Å²) in [5, 5.41) is 10.5. The van der Waals surface area contributed by atoms with E-state index in [4.69, 9.17) is 5.26 Å². The molecule has 0 aliphatic heterocycles. The Hall–Kier alpha value is -3.08. The molecule has 0 atom stereocenters. The predicted octanol–water partition coefficient (Wildman–Crippen LogP) is 5.91. The lowest BCUT2D eigenvalue weighted by Gasteiger charge is -2.09. The molecule has 1 nitrogen and oxygen atoms in total. The van der Waals surface area contributed by atoms with Crippen LogP contribution in [0.15, 0.2) is 65.6 Å². The van der Waals surface area contributed by atoms with Crippen molar-refractivity contribution in [1.29, 1.82) is 5.26 Å². The average molecular weight is 361 g/mol. The van der Waals surface area contributed by atoms with Gasteiger partial charge in [-0.1, -0.05) is 36.1 Å². The minimum absolute atomic E-state index is 0.0991. The quantitative estimate of drug-likeness (QED) is 0.322. The first-order valence-corrected chi connectivity index (χ1v) is 8.63. The van der Waals surface area contributed by atoms with Crippen molar-refractivity contribution in [2.75, 3.05) is 0 Å². The van der Waals surface area contributed by atoms with Gasteiger partial charge in [0.25, 0.3) is 0 Å². The van der Waals surface area contributed by atoms with Gasteiger partial charge in [0.1, 0.15) is 17.0 Å². The average Bonchev–Trinajstić information content (AvgIpc) is 2.61. The molecule has 0 unspecified atom stereocenters. The molecule has 0 radical (unpaired) electrons. The highest BCUT2D eigenvalue weighted by Crippen LogP contribution is 2.31. The maximum atomic E-state index is 14.3. The number of thiocyanates is 1. The first kappa shape index (κ1) is 17.7. The van der Waals surface area contributed by atoms with Crippen LogP contribution in [0.5, 0.6) is 0 Å². The third-order valence-corrected chi connectivity index (χ3v) is 4.37. The summed E-state index contributed by atoms with van der Waals surface area (Å²) in [4.78, 5) is 0.244. The van der Waals surface area contributed by atoms with E-state index >= 15 is 0 Å². The molecule has 0 saturated carbocycles. The third-order valence-electron chi connectivity index (χ3n) is 3.81. The van der Waals surface area contributed by atoms with E-state index in [1.165, 1.54) is 12.1 Å². The molecule has 3 aromatic rings. The van der Waals surface area contributed by atoms with Gasteiger partial charge in [-0.2, -0.15) is 5.26 Å². The molecule has 0 spiro atoms. The first-order valence-electron chi connectivity index (χ1n) is 7.81. The van der Waals surface area contributed by atoms with Gasteiger partial charge in [0.15, 0.2) is 0 Å². The summed E-state index contributed by atoms with van der Waals surface area (Å²) in [5.74, 6) is 4.78. The molecule has 0 bridgehead atoms. The van der Waals surface area contributed by atoms with Crippen LogP contribution in [-0.4, -0.2) is 0 Å². The van der Waals surface area contributed by atoms with E-state index in [0.717, 1.165) is 28.5 Å². The van der Waals surface area contributed by atoms with Crippen molar-refractivity contribution in [3.05, 3.63) is 89.0 Å². The summed E-state index contributed by atoms with van der Waals surface area (Å²) in [5.41, 5.74) is 2.88. The van der Waals surface area contributed by atoms with Crippen molar-refractivity contribution < 1.29 is 8.78 Å². The lowest BCUT2D eigenvalue weighted by atomic mass is 9.99. The standard InChI is InChI=1S/C22H13F2NS/c1-15-11-18(22-20(23)12-19(26-14-25)13-21(22)24)10-9-17(15)8-7-16-5-3-2-4-6-16/h2-6,9-13H,1H3. The summed E-state index contributed by atoms with van der Waals surface area (Å²) in [6.45, 7) is 1.86. The Morgan fingerprint density at radius 1 is 0.885 bits per heavy atom. The van der Waals surface area contributed by atoms with E-state index in [1.54, 1.807) is 18.2 Å². The number of aryl methyl sites for hydroxylation is 1. The largest absolute Gasteiger partial charge is 0.206 e. The van der Waals surface area contributed by atoms with Crippen LogP contribution in [0, 0.1) is 41.1 Å². The van der Waals surface area contributed by atoms with Crippen molar-refractivity contribution in [2.24, 2.45) is 0 Å². The molecule has 3 rings (SSSR count). The lowest BCUT2D eigenvalue weighted by molar-refractivity contribution is 0.584. The van der Waals surface area contributed by atoms with Crippen molar-refractivity contribution in [3.63, 3.8) is 0 Å². The Morgan fingerprint density at radius 2 is 1.58 bits per heavy atom. The zero-order chi connectivity index (χ0) is 18.5. The molecule has 0 amide bonds. The molecule has 126 valence electrons. The van der Waals surface area contributed by atoms with E-state index in [1.807, 2.05) is 42.7 Å². The first-order chi connectivity index (χ1) is 12.6. The van der Waals surface area contributed by atoms with Gasteiger partial charge in [0.2, 0.25) is 0 Å². The number of nitriles is 1. The van der Waals surface area contributed by atoms with Gasteiger partial charge in [-0.25, -0.2) is 8.78 Å². The molecule has 3 aromatic carbocycles. The van der Waals surface area contributed by atoms with Crippen LogP contribution < -0.4 is 0 Å². The maximum Gasteiger partial charge on any atom is 0.138 e. The van der Waals surface area contributed by atoms with Gasteiger partial charge < -0.3 is 0 Å². The van der Waals surface area contributed by atoms with Gasteiger partial charge in [0.05, 0.1) is 5.56 Å². The number of benzene rings is 3. The van der Waals surface area contributed by atoms with Crippen LogP contribution in [0.25, 0.3) is 11.1 Å². The summed E-state index contributed by atoms with van der Waals surface area (Å²) in [6.07, 6.45) is 0. The summed E-state index contributed by atoms with van der Waals surface area (Å²) >= 11 is 0.725. The van der Waals surface area contributed by atoms with Crippen molar-refractivity contribution >= 4 is 11.8 Å². The monoisotopic (exact) mass is 361 g/mol. The number of rotatable bonds is 2. The molecule has 4 heteroatoms. The van der Waals surface area contributed by atoms with E-state index < -0.39 is 11.6 Å². The maximum absolute atomic E-state index is 14.3. The summed E-state index contributed by atoms with van der Waals surface area (Å²) in [6, 6.07) is 17.1. The smallest absolute Gasteiger partial charge is 0.138 e. The van der Waals surface area contributed by atoms with Gasteiger partial charge in [-0.05, 0) is 66.2 Å². The number of hydrogen-bond acceptors (Lipinski definition) is 2. The van der Waals surface area contributed by atoms with Crippen LogP contribution in [0.3, 0.4) is 0 Å². The Kier molecular flexibility index (Phi) is 5.37. The molecule has 0 aliphatic carbocycles. The minimum Gasteiger partial charge on any atom is -0.206 e. The molecule has 0 aliphatic rings. The predicted molar refractivity (Wildman–Crippen MR) is 100 cm³/mol. The van der Waals surface area contributed by atoms with Crippen LogP contribution in [0.1, 0.15) is 16.7 Å². The van der Waals surface area contributed by atoms with E-state index in [2.05, 4.69) is 11.8 Å². The van der Waals surface area contributed by atoms with Crippen LogP contribution >= 0.6 is 11.8 Å². The van der Waals surface area contributed by atoms with Gasteiger partial charge >= 0.3 is 0 Å². The van der Waals surface area contributed by atoms with E-state index in [0.29, 0.717) is 5.56 Å². The van der Waals surface area contributed by atoms with Gasteiger partial charge in [-0.3, -0.25) is 0 Å². The normalized spacial score (nSPS) is 9.92. The fourth-order valence-corrected chi connectivity index (χ4v) is 2.99. The lowest BCUT2D eigenvalue weighted by Crippen LogP contribution is -1.93. The van der Waals surface area contributed by atoms with Crippen LogP contribution in [0.4, 0.5) is 8.78 Å². The fraction of sp³-hybridized carbons (Fsp3) is 0.0455. The number of halogens is 2. The second kappa shape index (κ2) is 7.87. The molecular weight excluding hydrogens is 348 g/mol. The molecule has 0 heterocycles. The second-order valence-electron chi connectivity index (χ2n) is 5.60. The van der Waals surface area contributed by atoms with Crippen molar-refractivity contribution in [1.82, 2.24) is 0 Å². The Bertz CT molecular complexity index is 1030. The SMILES string of the molecule is Cc1cc(-c2c(F)cc(SC#N)cc2F)ccc1C#Cc1ccccc1. The highest BCUT2D eigenvalue weighted by molar-refractivity contribution is 8.03. The highest BCUT2D eigenvalue weighted by Gasteiger charge is 2.14. The number of hydrogen-bond donors (Lipinski definition) is 0. The molecule has 0 fully saturated rings. The highest BCUT2D eigenvalue weighted by atomic mass is 32.2. The topological polar surface area (TPSA) is 23.8 Å². The molecule has 0 N–H and O–H groups in total. The van der Waals surface area contributed by atoms with Crippen molar-refractivity contribution in [3.8, 4) is 28.4 Å². The fourth-order valence-electron chi connectivity index (χ4n) is 2.56. The molecule has 0 saturated heterocycles.